The van der Waals surface area contributed by atoms with Crippen LogP contribution in [-0.4, -0.2) is 37.6 Å². The molecule has 2 aromatic heterocycles. The quantitative estimate of drug-likeness (QED) is 0.879. The second-order valence-corrected chi connectivity index (χ2v) is 6.81. The number of nitrogens with zero attached hydrogens (tertiary/aromatic N) is 2. The molecule has 6 nitrogen and oxygen atoms in total. The van der Waals surface area contributed by atoms with Crippen molar-refractivity contribution in [3.05, 3.63) is 16.7 Å². The van der Waals surface area contributed by atoms with Crippen LogP contribution >= 0.6 is 22.9 Å². The van der Waals surface area contributed by atoms with Gasteiger partial charge in [-0.2, -0.15) is 0 Å². The van der Waals surface area contributed by atoms with E-state index in [9.17, 15) is 8.42 Å². The molecule has 0 aliphatic heterocycles. The summed E-state index contributed by atoms with van der Waals surface area (Å²) < 4.78 is 33.7. The largest absolute Gasteiger partial charge is 0.383 e. The van der Waals surface area contributed by atoms with Gasteiger partial charge in [0.1, 0.15) is 0 Å². The molecule has 106 valence electrons. The fraction of sp³-hybridized carbons (Fsp3) is 0.500. The first-order valence-corrected chi connectivity index (χ1v) is 8.36. The van der Waals surface area contributed by atoms with Gasteiger partial charge < -0.3 is 4.74 Å². The lowest BCUT2D eigenvalue weighted by Crippen LogP contribution is -2.38. The summed E-state index contributed by atoms with van der Waals surface area (Å²) in [7, 11) is -2.20. The molecule has 2 aromatic rings. The Morgan fingerprint density at radius 2 is 2.37 bits per heavy atom. The maximum Gasteiger partial charge on any atom is 0.260 e. The molecule has 0 saturated heterocycles. The number of halogens is 1. The third kappa shape index (κ3) is 2.92. The predicted molar refractivity (Wildman–Crippen MR) is 74.4 cm³/mol. The third-order valence-electron chi connectivity index (χ3n) is 2.62. The van der Waals surface area contributed by atoms with Gasteiger partial charge in [0, 0.05) is 24.7 Å². The van der Waals surface area contributed by atoms with E-state index in [1.807, 2.05) is 6.92 Å². The van der Waals surface area contributed by atoms with Crippen LogP contribution in [0.15, 0.2) is 16.6 Å². The summed E-state index contributed by atoms with van der Waals surface area (Å²) in [4.78, 5) is 4.56. The van der Waals surface area contributed by atoms with E-state index in [4.69, 9.17) is 16.3 Å². The van der Waals surface area contributed by atoms with Crippen molar-refractivity contribution >= 4 is 37.9 Å². The summed E-state index contributed by atoms with van der Waals surface area (Å²) in [5.41, 5.74) is 0. The molecule has 1 N–H and O–H groups in total. The SMILES string of the molecule is CCC(COC)NS(=O)(=O)c1c(Cl)nc2sccn12. The fourth-order valence-corrected chi connectivity index (χ4v) is 4.45. The molecular formula is C10H14ClN3O3S2. The zero-order chi connectivity index (χ0) is 14.0. The molecule has 0 amide bonds. The highest BCUT2D eigenvalue weighted by atomic mass is 35.5. The van der Waals surface area contributed by atoms with Gasteiger partial charge in [0.15, 0.2) is 15.1 Å². The van der Waals surface area contributed by atoms with E-state index in [2.05, 4.69) is 9.71 Å². The molecule has 0 bridgehead atoms. The van der Waals surface area contributed by atoms with Crippen LogP contribution < -0.4 is 4.72 Å². The van der Waals surface area contributed by atoms with Crippen LogP contribution in [0.3, 0.4) is 0 Å². The monoisotopic (exact) mass is 323 g/mol. The molecular weight excluding hydrogens is 310 g/mol. The van der Waals surface area contributed by atoms with Gasteiger partial charge in [0.05, 0.1) is 6.61 Å². The Balaban J connectivity index is 2.38. The van der Waals surface area contributed by atoms with Gasteiger partial charge in [-0.15, -0.1) is 11.3 Å². The number of sulfonamides is 1. The Labute approximate surface area is 120 Å². The van der Waals surface area contributed by atoms with Crippen molar-refractivity contribution in [2.75, 3.05) is 13.7 Å². The Kier molecular flexibility index (Phi) is 4.46. The van der Waals surface area contributed by atoms with Crippen LogP contribution in [0.2, 0.25) is 5.15 Å². The molecule has 0 aromatic carbocycles. The van der Waals surface area contributed by atoms with Crippen molar-refractivity contribution < 1.29 is 13.2 Å². The molecule has 0 spiro atoms. The highest BCUT2D eigenvalue weighted by Gasteiger charge is 2.27. The van der Waals surface area contributed by atoms with Crippen LogP contribution in [-0.2, 0) is 14.8 Å². The molecule has 19 heavy (non-hydrogen) atoms. The molecule has 0 aliphatic rings. The first kappa shape index (κ1) is 14.7. The summed E-state index contributed by atoms with van der Waals surface area (Å²) >= 11 is 7.25. The topological polar surface area (TPSA) is 72.7 Å². The van der Waals surface area contributed by atoms with Crippen LogP contribution in [0.5, 0.6) is 0 Å². The lowest BCUT2D eigenvalue weighted by Gasteiger charge is -2.15. The zero-order valence-corrected chi connectivity index (χ0v) is 12.8. The molecule has 2 heterocycles. The fourth-order valence-electron chi connectivity index (χ4n) is 1.69. The van der Waals surface area contributed by atoms with E-state index >= 15 is 0 Å². The lowest BCUT2D eigenvalue weighted by molar-refractivity contribution is 0.173. The third-order valence-corrected chi connectivity index (χ3v) is 5.29. The van der Waals surface area contributed by atoms with Crippen LogP contribution in [0, 0.1) is 0 Å². The lowest BCUT2D eigenvalue weighted by atomic mass is 10.3. The average molecular weight is 324 g/mol. The smallest absolute Gasteiger partial charge is 0.260 e. The summed E-state index contributed by atoms with van der Waals surface area (Å²) in [6, 6.07) is -0.296. The van der Waals surface area contributed by atoms with Gasteiger partial charge in [0.2, 0.25) is 0 Å². The Hall–Kier alpha value is -0.670. The highest BCUT2D eigenvalue weighted by Crippen LogP contribution is 2.25. The zero-order valence-electron chi connectivity index (χ0n) is 10.5. The standard InChI is InChI=1S/C10H14ClN3O3S2/c1-3-7(6-17-2)13-19(15,16)9-8(11)12-10-14(9)4-5-18-10/h4-5,7,13H,3,6H2,1-2H3. The minimum absolute atomic E-state index is 0.0216. The van der Waals surface area contributed by atoms with E-state index in [1.54, 1.807) is 11.6 Å². The van der Waals surface area contributed by atoms with Gasteiger partial charge in [-0.25, -0.2) is 18.1 Å². The maximum absolute atomic E-state index is 12.4. The highest BCUT2D eigenvalue weighted by molar-refractivity contribution is 7.89. The summed E-state index contributed by atoms with van der Waals surface area (Å²) in [6.45, 7) is 2.18. The number of thiazole rings is 1. The Morgan fingerprint density at radius 1 is 1.63 bits per heavy atom. The van der Waals surface area contributed by atoms with Gasteiger partial charge in [-0.3, -0.25) is 4.40 Å². The number of imidazole rings is 1. The van der Waals surface area contributed by atoms with Crippen molar-refractivity contribution in [3.8, 4) is 0 Å². The molecule has 0 saturated carbocycles. The Bertz CT molecular complexity index is 665. The van der Waals surface area contributed by atoms with Gasteiger partial charge >= 0.3 is 0 Å². The van der Waals surface area contributed by atoms with Crippen LogP contribution in [0.1, 0.15) is 13.3 Å². The number of hydrogen-bond donors (Lipinski definition) is 1. The van der Waals surface area contributed by atoms with Gasteiger partial charge in [-0.1, -0.05) is 18.5 Å². The second kappa shape index (κ2) is 5.76. The van der Waals surface area contributed by atoms with Crippen molar-refractivity contribution in [2.45, 2.75) is 24.4 Å². The minimum atomic E-state index is -3.73. The molecule has 1 atom stereocenters. The normalized spacial score (nSPS) is 14.1. The van der Waals surface area contributed by atoms with E-state index in [1.165, 1.54) is 22.8 Å². The van der Waals surface area contributed by atoms with Gasteiger partial charge in [-0.05, 0) is 6.42 Å². The first-order valence-electron chi connectivity index (χ1n) is 5.62. The number of methoxy groups -OCH3 is 1. The molecule has 9 heteroatoms. The van der Waals surface area contributed by atoms with E-state index in [0.29, 0.717) is 18.0 Å². The van der Waals surface area contributed by atoms with Crippen molar-refractivity contribution in [1.82, 2.24) is 14.1 Å². The van der Waals surface area contributed by atoms with Crippen LogP contribution in [0.4, 0.5) is 0 Å². The van der Waals surface area contributed by atoms with Crippen molar-refractivity contribution in [1.29, 1.82) is 0 Å². The summed E-state index contributed by atoms with van der Waals surface area (Å²) in [5, 5.41) is 1.70. The second-order valence-electron chi connectivity index (χ2n) is 3.95. The van der Waals surface area contributed by atoms with Crippen molar-refractivity contribution in [3.63, 3.8) is 0 Å². The number of hydrogen-bond acceptors (Lipinski definition) is 5. The molecule has 0 fully saturated rings. The molecule has 0 aliphatic carbocycles. The number of nitrogens with one attached hydrogen (secondary N) is 1. The Morgan fingerprint density at radius 3 is 3.00 bits per heavy atom. The van der Waals surface area contributed by atoms with Crippen molar-refractivity contribution in [2.24, 2.45) is 0 Å². The average Bonchev–Trinajstić information content (AvgIpc) is 2.87. The van der Waals surface area contributed by atoms with Gasteiger partial charge in [0.25, 0.3) is 10.0 Å². The number of rotatable bonds is 6. The number of fused-ring (bicyclic) bond motifs is 1. The van der Waals surface area contributed by atoms with Crippen LogP contribution in [0.25, 0.3) is 4.96 Å². The first-order chi connectivity index (χ1) is 8.99. The minimum Gasteiger partial charge on any atom is -0.383 e. The number of aromatic nitrogens is 2. The number of ether oxygens (including phenoxy) is 1. The molecule has 0 radical (unpaired) electrons. The molecule has 1 unspecified atom stereocenters. The molecule has 2 rings (SSSR count). The summed E-state index contributed by atoms with van der Waals surface area (Å²) in [6.07, 6.45) is 2.25. The van der Waals surface area contributed by atoms with E-state index in [-0.39, 0.29) is 16.2 Å². The maximum atomic E-state index is 12.4. The summed E-state index contributed by atoms with van der Waals surface area (Å²) in [5.74, 6) is 0. The van der Waals surface area contributed by atoms with E-state index in [0.717, 1.165) is 0 Å². The predicted octanol–water partition coefficient (Wildman–Crippen LogP) is 1.75. The van der Waals surface area contributed by atoms with E-state index < -0.39 is 10.0 Å².